The number of nitrogens with one attached hydrogen (secondary N) is 1. The van der Waals surface area contributed by atoms with E-state index in [0.717, 1.165) is 12.2 Å². The summed E-state index contributed by atoms with van der Waals surface area (Å²) in [5, 5.41) is 9.05. The monoisotopic (exact) mass is 223 g/mol. The molecule has 1 unspecified atom stereocenters. The van der Waals surface area contributed by atoms with Gasteiger partial charge >= 0.3 is 0 Å². The van der Waals surface area contributed by atoms with Gasteiger partial charge in [-0.1, -0.05) is 11.2 Å². The van der Waals surface area contributed by atoms with Gasteiger partial charge in [0.15, 0.2) is 5.82 Å². The Morgan fingerprint density at radius 2 is 2.47 bits per heavy atom. The molecule has 2 aromatic heterocycles. The van der Waals surface area contributed by atoms with Gasteiger partial charge in [-0.25, -0.2) is 0 Å². The third kappa shape index (κ3) is 2.43. The number of nitrogens with zero attached hydrogens (tertiary/aromatic N) is 2. The second-order valence-corrected chi connectivity index (χ2v) is 4.35. The molecule has 1 N–H and O–H groups in total. The lowest BCUT2D eigenvalue weighted by Gasteiger charge is -2.01. The number of hydrogen-bond donors (Lipinski definition) is 1. The summed E-state index contributed by atoms with van der Waals surface area (Å²) in [5.41, 5.74) is 0. The van der Waals surface area contributed by atoms with Crippen LogP contribution < -0.4 is 5.32 Å². The SMILES string of the molecule is CNC(C)c1nc(Cc2cccs2)no1. The van der Waals surface area contributed by atoms with Crippen LogP contribution >= 0.6 is 11.3 Å². The van der Waals surface area contributed by atoms with E-state index < -0.39 is 0 Å². The van der Waals surface area contributed by atoms with Crippen LogP contribution in [0.3, 0.4) is 0 Å². The van der Waals surface area contributed by atoms with Crippen LogP contribution in [0.4, 0.5) is 0 Å². The molecule has 0 aliphatic rings. The van der Waals surface area contributed by atoms with E-state index >= 15 is 0 Å². The van der Waals surface area contributed by atoms with Gasteiger partial charge in [0, 0.05) is 11.3 Å². The molecule has 0 saturated heterocycles. The first-order chi connectivity index (χ1) is 7.29. The van der Waals surface area contributed by atoms with Crippen LogP contribution in [0.5, 0.6) is 0 Å². The molecule has 1 atom stereocenters. The first-order valence-corrected chi connectivity index (χ1v) is 5.69. The van der Waals surface area contributed by atoms with Crippen molar-refractivity contribution >= 4 is 11.3 Å². The minimum Gasteiger partial charge on any atom is -0.338 e. The van der Waals surface area contributed by atoms with Crippen LogP contribution in [0.25, 0.3) is 0 Å². The van der Waals surface area contributed by atoms with Crippen molar-refractivity contribution in [1.29, 1.82) is 0 Å². The van der Waals surface area contributed by atoms with Crippen LogP contribution in [-0.4, -0.2) is 17.2 Å². The lowest BCUT2D eigenvalue weighted by Crippen LogP contribution is -2.12. The Labute approximate surface area is 92.3 Å². The van der Waals surface area contributed by atoms with E-state index in [1.807, 2.05) is 25.4 Å². The quantitative estimate of drug-likeness (QED) is 0.861. The van der Waals surface area contributed by atoms with E-state index in [0.29, 0.717) is 5.89 Å². The zero-order chi connectivity index (χ0) is 10.7. The highest BCUT2D eigenvalue weighted by Gasteiger charge is 2.12. The van der Waals surface area contributed by atoms with Crippen LogP contribution in [0.1, 0.15) is 29.6 Å². The summed E-state index contributed by atoms with van der Waals surface area (Å²) in [7, 11) is 1.87. The van der Waals surface area contributed by atoms with Gasteiger partial charge in [-0.05, 0) is 25.4 Å². The molecule has 0 fully saturated rings. The summed E-state index contributed by atoms with van der Waals surface area (Å²) >= 11 is 1.70. The molecule has 0 aromatic carbocycles. The molecule has 4 nitrogen and oxygen atoms in total. The topological polar surface area (TPSA) is 51.0 Å². The molecular weight excluding hydrogens is 210 g/mol. The average Bonchev–Trinajstić information content (AvgIpc) is 2.88. The molecular formula is C10H13N3OS. The van der Waals surface area contributed by atoms with Crippen molar-refractivity contribution in [3.05, 3.63) is 34.1 Å². The Hall–Kier alpha value is -1.20. The van der Waals surface area contributed by atoms with E-state index in [-0.39, 0.29) is 6.04 Å². The molecule has 80 valence electrons. The Morgan fingerprint density at radius 3 is 3.13 bits per heavy atom. The summed E-state index contributed by atoms with van der Waals surface area (Å²) < 4.78 is 5.15. The molecule has 0 radical (unpaired) electrons. The van der Waals surface area contributed by atoms with Gasteiger partial charge in [0.05, 0.1) is 6.04 Å². The fourth-order valence-electron chi connectivity index (χ4n) is 1.21. The van der Waals surface area contributed by atoms with Crippen LogP contribution in [0, 0.1) is 0 Å². The van der Waals surface area contributed by atoms with Crippen LogP contribution in [0.15, 0.2) is 22.0 Å². The van der Waals surface area contributed by atoms with Gasteiger partial charge in [0.1, 0.15) is 0 Å². The minimum absolute atomic E-state index is 0.106. The van der Waals surface area contributed by atoms with Crippen LogP contribution in [0.2, 0.25) is 0 Å². The Bertz CT molecular complexity index is 410. The van der Waals surface area contributed by atoms with E-state index in [9.17, 15) is 0 Å². The van der Waals surface area contributed by atoms with Crippen molar-refractivity contribution in [2.45, 2.75) is 19.4 Å². The highest BCUT2D eigenvalue weighted by Crippen LogP contribution is 2.14. The molecule has 0 aliphatic carbocycles. The van der Waals surface area contributed by atoms with Crippen molar-refractivity contribution in [2.24, 2.45) is 0 Å². The highest BCUT2D eigenvalue weighted by atomic mass is 32.1. The summed E-state index contributed by atoms with van der Waals surface area (Å²) in [4.78, 5) is 5.57. The number of hydrogen-bond acceptors (Lipinski definition) is 5. The predicted octanol–water partition coefficient (Wildman–Crippen LogP) is 2.00. The fraction of sp³-hybridized carbons (Fsp3) is 0.400. The maximum atomic E-state index is 5.15. The standard InChI is InChI=1S/C10H13N3OS/c1-7(11-2)10-12-9(13-14-10)6-8-4-3-5-15-8/h3-5,7,11H,6H2,1-2H3. The summed E-state index contributed by atoms with van der Waals surface area (Å²) in [6, 6.07) is 4.20. The molecule has 0 bridgehead atoms. The largest absolute Gasteiger partial charge is 0.338 e. The van der Waals surface area contributed by atoms with Crippen molar-refractivity contribution in [2.75, 3.05) is 7.05 Å². The molecule has 0 spiro atoms. The molecule has 5 heteroatoms. The van der Waals surface area contributed by atoms with Crippen molar-refractivity contribution in [3.63, 3.8) is 0 Å². The first kappa shape index (κ1) is 10.3. The van der Waals surface area contributed by atoms with E-state index in [2.05, 4.69) is 21.5 Å². The van der Waals surface area contributed by atoms with Gasteiger partial charge in [0.25, 0.3) is 0 Å². The molecule has 2 heterocycles. The zero-order valence-electron chi connectivity index (χ0n) is 8.73. The lowest BCUT2D eigenvalue weighted by atomic mass is 10.3. The van der Waals surface area contributed by atoms with Gasteiger partial charge in [-0.2, -0.15) is 4.98 Å². The summed E-state index contributed by atoms with van der Waals surface area (Å²) in [5.74, 6) is 1.39. The average molecular weight is 223 g/mol. The molecule has 15 heavy (non-hydrogen) atoms. The Morgan fingerprint density at radius 1 is 1.60 bits per heavy atom. The second kappa shape index (κ2) is 4.55. The van der Waals surface area contributed by atoms with Crippen molar-refractivity contribution in [1.82, 2.24) is 15.5 Å². The summed E-state index contributed by atoms with van der Waals surface area (Å²) in [6.07, 6.45) is 0.748. The van der Waals surface area contributed by atoms with Gasteiger partial charge in [0.2, 0.25) is 5.89 Å². The Balaban J connectivity index is 2.07. The maximum absolute atomic E-state index is 5.15. The fourth-order valence-corrected chi connectivity index (χ4v) is 1.91. The number of rotatable bonds is 4. The Kier molecular flexibility index (Phi) is 3.13. The maximum Gasteiger partial charge on any atom is 0.243 e. The molecule has 0 amide bonds. The number of aromatic nitrogens is 2. The van der Waals surface area contributed by atoms with E-state index in [4.69, 9.17) is 4.52 Å². The minimum atomic E-state index is 0.106. The number of thiophene rings is 1. The highest BCUT2D eigenvalue weighted by molar-refractivity contribution is 7.09. The predicted molar refractivity (Wildman–Crippen MR) is 58.9 cm³/mol. The molecule has 0 aliphatic heterocycles. The lowest BCUT2D eigenvalue weighted by molar-refractivity contribution is 0.344. The first-order valence-electron chi connectivity index (χ1n) is 4.81. The normalized spacial score (nSPS) is 12.9. The second-order valence-electron chi connectivity index (χ2n) is 3.32. The molecule has 2 aromatic rings. The van der Waals surface area contributed by atoms with Crippen molar-refractivity contribution < 1.29 is 4.52 Å². The summed E-state index contributed by atoms with van der Waals surface area (Å²) in [6.45, 7) is 1.99. The van der Waals surface area contributed by atoms with Crippen molar-refractivity contribution in [3.8, 4) is 0 Å². The molecule has 2 rings (SSSR count). The van der Waals surface area contributed by atoms with Gasteiger partial charge in [-0.15, -0.1) is 11.3 Å². The zero-order valence-corrected chi connectivity index (χ0v) is 9.54. The van der Waals surface area contributed by atoms with Gasteiger partial charge in [-0.3, -0.25) is 0 Å². The van der Waals surface area contributed by atoms with E-state index in [1.54, 1.807) is 11.3 Å². The van der Waals surface area contributed by atoms with Gasteiger partial charge < -0.3 is 9.84 Å². The third-order valence-corrected chi connectivity index (χ3v) is 3.08. The smallest absolute Gasteiger partial charge is 0.243 e. The third-order valence-electron chi connectivity index (χ3n) is 2.20. The molecule has 0 saturated carbocycles. The van der Waals surface area contributed by atoms with E-state index in [1.165, 1.54) is 4.88 Å². The van der Waals surface area contributed by atoms with Crippen LogP contribution in [-0.2, 0) is 6.42 Å².